The second-order valence-electron chi connectivity index (χ2n) is 17.4. The molecule has 3 saturated heterocycles. The second-order valence-corrected chi connectivity index (χ2v) is 18.2. The summed E-state index contributed by atoms with van der Waals surface area (Å²) in [5.41, 5.74) is -3.44. The molecule has 62 heavy (non-hydrogen) atoms. The van der Waals surface area contributed by atoms with Crippen molar-refractivity contribution in [3.05, 3.63) is 33.8 Å². The lowest BCUT2D eigenvalue weighted by molar-refractivity contribution is -0.250. The van der Waals surface area contributed by atoms with Gasteiger partial charge in [0.05, 0.1) is 6.54 Å². The number of nitrogens with one attached hydrogen (secondary N) is 3. The van der Waals surface area contributed by atoms with Gasteiger partial charge in [0.25, 0.3) is 5.91 Å². The van der Waals surface area contributed by atoms with Crippen molar-refractivity contribution >= 4 is 64.6 Å². The van der Waals surface area contributed by atoms with Crippen molar-refractivity contribution < 1.29 is 56.2 Å². The number of nitrogens with zero attached hydrogens (tertiary/aromatic N) is 4. The first kappa shape index (κ1) is 48.8. The average molecular weight is 921 g/mol. The third-order valence-corrected chi connectivity index (χ3v) is 12.8. The van der Waals surface area contributed by atoms with Crippen LogP contribution in [0.4, 0.5) is 17.6 Å². The van der Waals surface area contributed by atoms with E-state index in [1.54, 1.807) is 18.2 Å². The summed E-state index contributed by atoms with van der Waals surface area (Å²) in [6.45, 7) is 3.45. The Balaban J connectivity index is 1.42. The minimum atomic E-state index is -5.43. The van der Waals surface area contributed by atoms with E-state index in [4.69, 9.17) is 23.2 Å². The summed E-state index contributed by atoms with van der Waals surface area (Å²) in [6.07, 6.45) is -5.93. The largest absolute Gasteiger partial charge is 0.426 e. The van der Waals surface area contributed by atoms with E-state index >= 15 is 0 Å². The molecule has 5 rings (SSSR count). The average Bonchev–Trinajstić information content (AvgIpc) is 3.94. The number of benzene rings is 1. The highest BCUT2D eigenvalue weighted by atomic mass is 35.5. The third kappa shape index (κ3) is 10.9. The summed E-state index contributed by atoms with van der Waals surface area (Å²) in [5, 5.41) is 18.8. The van der Waals surface area contributed by atoms with Crippen molar-refractivity contribution in [2.24, 2.45) is 11.8 Å². The quantitative estimate of drug-likeness (QED) is 0.258. The number of fused-ring (bicyclic) bond motifs is 1. The number of halogens is 6. The van der Waals surface area contributed by atoms with Crippen molar-refractivity contribution in [3.63, 3.8) is 0 Å². The highest BCUT2D eigenvalue weighted by molar-refractivity contribution is 6.33. The van der Waals surface area contributed by atoms with Crippen LogP contribution in [-0.4, -0.2) is 154 Å². The summed E-state index contributed by atoms with van der Waals surface area (Å²) >= 11 is 12.8. The van der Waals surface area contributed by atoms with E-state index in [-0.39, 0.29) is 45.2 Å². The van der Waals surface area contributed by atoms with Crippen LogP contribution in [0.15, 0.2) is 18.2 Å². The van der Waals surface area contributed by atoms with Crippen molar-refractivity contribution in [1.29, 1.82) is 0 Å². The Morgan fingerprint density at radius 1 is 1.02 bits per heavy atom. The standard InChI is InChI=1S/C41H55Cl2F4N7O8/c1-21(2)16-27-36(58)52(5)31(18-23-17-24(42)11-12-26(23)43)37(59)53-15-13-29(53)33(55)48-14-7-6-8-28(34(56)49-27)51(4)38(60)32(22-9-10-22)50-35(57)30-19-25(44)20-54(30)39(61)40(3,62)41(45,46)47/h11-12,17,21-22,25,27-32,62H,6-10,13-16,18-20H2,1-5H3,(H,48,55)(H,49,56)(H,50,57)/t25-,27+,28+,29+,30+,31+,32+,40-/m1/s1. The Morgan fingerprint density at radius 3 is 2.29 bits per heavy atom. The maximum absolute atomic E-state index is 14.6. The molecular formula is C41H55Cl2F4N7O8. The molecule has 0 radical (unpaired) electrons. The molecule has 0 aromatic heterocycles. The van der Waals surface area contributed by atoms with Crippen molar-refractivity contribution in [2.45, 2.75) is 133 Å². The molecule has 3 aliphatic heterocycles. The van der Waals surface area contributed by atoms with Crippen molar-refractivity contribution in [3.8, 4) is 0 Å². The number of likely N-dealkylation sites (tertiary alicyclic amines) is 1. The summed E-state index contributed by atoms with van der Waals surface area (Å²) < 4.78 is 55.4. The van der Waals surface area contributed by atoms with Crippen molar-refractivity contribution in [1.82, 2.24) is 35.6 Å². The third-order valence-electron chi connectivity index (χ3n) is 12.2. The molecule has 1 saturated carbocycles. The molecule has 4 aliphatic rings. The Bertz CT molecular complexity index is 1900. The van der Waals surface area contributed by atoms with Crippen LogP contribution >= 0.6 is 23.2 Å². The molecule has 7 amide bonds. The van der Waals surface area contributed by atoms with E-state index in [9.17, 15) is 56.2 Å². The maximum atomic E-state index is 14.6. The van der Waals surface area contributed by atoms with Gasteiger partial charge in [-0.2, -0.15) is 13.2 Å². The molecule has 4 N–H and O–H groups in total. The lowest BCUT2D eigenvalue weighted by Gasteiger charge is -2.43. The summed E-state index contributed by atoms with van der Waals surface area (Å²) in [4.78, 5) is 101. The number of aliphatic hydroxyl groups is 1. The first-order chi connectivity index (χ1) is 28.9. The molecule has 1 aromatic carbocycles. The topological polar surface area (TPSA) is 189 Å². The van der Waals surface area contributed by atoms with E-state index < -0.39 is 114 Å². The molecule has 8 atom stereocenters. The van der Waals surface area contributed by atoms with Gasteiger partial charge >= 0.3 is 6.18 Å². The van der Waals surface area contributed by atoms with E-state index in [1.807, 2.05) is 13.8 Å². The summed E-state index contributed by atoms with van der Waals surface area (Å²) in [7, 11) is 2.75. The molecule has 1 aromatic rings. The Morgan fingerprint density at radius 2 is 1.69 bits per heavy atom. The van der Waals surface area contributed by atoms with Crippen LogP contribution in [0.25, 0.3) is 0 Å². The minimum absolute atomic E-state index is 0.0403. The van der Waals surface area contributed by atoms with Gasteiger partial charge in [-0.3, -0.25) is 33.6 Å². The lowest BCUT2D eigenvalue weighted by atomic mass is 9.95. The predicted molar refractivity (Wildman–Crippen MR) is 218 cm³/mol. The smallest absolute Gasteiger partial charge is 0.373 e. The highest BCUT2D eigenvalue weighted by Crippen LogP contribution is 2.37. The van der Waals surface area contributed by atoms with Gasteiger partial charge in [-0.15, -0.1) is 0 Å². The van der Waals surface area contributed by atoms with Gasteiger partial charge in [0.1, 0.15) is 42.4 Å². The zero-order valence-corrected chi connectivity index (χ0v) is 36.8. The Labute approximate surface area is 367 Å². The van der Waals surface area contributed by atoms with Crippen molar-refractivity contribution in [2.75, 3.05) is 33.7 Å². The summed E-state index contributed by atoms with van der Waals surface area (Å²) in [5.74, 6) is -6.63. The molecule has 1 aliphatic carbocycles. The fourth-order valence-corrected chi connectivity index (χ4v) is 8.55. The zero-order chi connectivity index (χ0) is 46.0. The van der Waals surface area contributed by atoms with E-state index in [2.05, 4.69) is 16.0 Å². The molecular weight excluding hydrogens is 865 g/mol. The fourth-order valence-electron chi connectivity index (χ4n) is 8.16. The normalized spacial score (nSPS) is 27.1. The predicted octanol–water partition coefficient (Wildman–Crippen LogP) is 2.77. The van der Waals surface area contributed by atoms with Crippen LogP contribution in [0.1, 0.15) is 77.7 Å². The monoisotopic (exact) mass is 919 g/mol. The Kier molecular flexibility index (Phi) is 15.5. The number of likely N-dealkylation sites (N-methyl/N-ethyl adjacent to an activating group) is 2. The van der Waals surface area contributed by atoms with Gasteiger partial charge in [-0.25, -0.2) is 4.39 Å². The number of alkyl halides is 4. The molecule has 15 nitrogen and oxygen atoms in total. The second kappa shape index (κ2) is 19.7. The number of amides is 7. The zero-order valence-electron chi connectivity index (χ0n) is 35.3. The molecule has 344 valence electrons. The van der Waals surface area contributed by atoms with Gasteiger partial charge in [0.15, 0.2) is 0 Å². The van der Waals surface area contributed by atoms with Crippen LogP contribution < -0.4 is 16.0 Å². The first-order valence-electron chi connectivity index (χ1n) is 20.8. The molecule has 0 bridgehead atoms. The first-order valence-corrected chi connectivity index (χ1v) is 21.6. The van der Waals surface area contributed by atoms with Gasteiger partial charge < -0.3 is 40.7 Å². The lowest BCUT2D eigenvalue weighted by Crippen LogP contribution is -2.64. The van der Waals surface area contributed by atoms with E-state index in [0.29, 0.717) is 52.6 Å². The van der Waals surface area contributed by atoms with E-state index in [1.165, 1.54) is 23.9 Å². The highest BCUT2D eigenvalue weighted by Gasteiger charge is 2.59. The van der Waals surface area contributed by atoms with Gasteiger partial charge in [-0.05, 0) is 87.5 Å². The minimum Gasteiger partial charge on any atom is -0.373 e. The van der Waals surface area contributed by atoms with E-state index in [0.717, 1.165) is 4.90 Å². The van der Waals surface area contributed by atoms with Crippen LogP contribution in [0.3, 0.4) is 0 Å². The molecule has 21 heteroatoms. The van der Waals surface area contributed by atoms with Crippen LogP contribution in [-0.2, 0) is 40.0 Å². The SMILES string of the molecule is CC(C)C[C@@H]1NC(=O)[C@@H](N(C)C(=O)[C@@H](NC(=O)[C@@H]2C[C@@H](F)CN2C(=O)[C@@](C)(O)C(F)(F)F)C2CC2)CCCCNC(=O)[C@@H]2CCN2C(=O)[C@H](Cc2cc(Cl)ccc2Cl)N(C)C1=O. The fraction of sp³-hybridized carbons (Fsp3) is 0.683. The number of hydrogen-bond donors (Lipinski definition) is 4. The molecule has 0 unspecified atom stereocenters. The number of carbonyl (C=O) groups excluding carboxylic acids is 7. The Hall–Kier alpha value is -4.23. The van der Waals surface area contributed by atoms with Crippen LogP contribution in [0.2, 0.25) is 10.0 Å². The number of hydrogen-bond acceptors (Lipinski definition) is 8. The molecule has 4 fully saturated rings. The maximum Gasteiger partial charge on any atom is 0.426 e. The van der Waals surface area contributed by atoms with Gasteiger partial charge in [-0.1, -0.05) is 37.0 Å². The van der Waals surface area contributed by atoms with Gasteiger partial charge in [0.2, 0.25) is 41.0 Å². The number of carbonyl (C=O) groups is 7. The van der Waals surface area contributed by atoms with Gasteiger partial charge in [0, 0.05) is 50.1 Å². The van der Waals surface area contributed by atoms with Crippen LogP contribution in [0.5, 0.6) is 0 Å². The molecule has 3 heterocycles. The molecule has 0 spiro atoms. The summed E-state index contributed by atoms with van der Waals surface area (Å²) in [6, 6.07) is -2.77. The number of rotatable bonds is 10. The van der Waals surface area contributed by atoms with Crippen LogP contribution in [0, 0.1) is 11.8 Å².